The third-order valence-electron chi connectivity index (χ3n) is 3.12. The number of anilines is 1. The molecule has 0 saturated heterocycles. The van der Waals surface area contributed by atoms with Crippen LogP contribution in [0.25, 0.3) is 0 Å². The zero-order valence-corrected chi connectivity index (χ0v) is 13.3. The molecule has 0 saturated carbocycles. The Balaban J connectivity index is 2.25. The third-order valence-corrected chi connectivity index (χ3v) is 3.86. The average Bonchev–Trinajstić information content (AvgIpc) is 2.54. The highest BCUT2D eigenvalue weighted by Crippen LogP contribution is 2.24. The number of nitriles is 1. The lowest BCUT2D eigenvalue weighted by Gasteiger charge is -2.24. The van der Waals surface area contributed by atoms with Crippen LogP contribution in [0.2, 0.25) is 10.0 Å². The maximum absolute atomic E-state index is 9.07. The monoisotopic (exact) mass is 335 g/mol. The number of halogens is 2. The number of hydrogen-bond donors (Lipinski definition) is 1. The fourth-order valence-electron chi connectivity index (χ4n) is 2.06. The number of aliphatic hydroxyl groups is 1. The van der Waals surface area contributed by atoms with E-state index >= 15 is 0 Å². The number of hydrogen-bond acceptors (Lipinski definition) is 4. The second kappa shape index (κ2) is 8.00. The Kier molecular flexibility index (Phi) is 6.02. The van der Waals surface area contributed by atoms with Crippen molar-refractivity contribution < 1.29 is 5.11 Å². The second-order valence-corrected chi connectivity index (χ2v) is 5.55. The van der Waals surface area contributed by atoms with Crippen molar-refractivity contribution in [2.75, 3.05) is 18.1 Å². The van der Waals surface area contributed by atoms with Crippen LogP contribution in [0.4, 0.5) is 5.82 Å². The van der Waals surface area contributed by atoms with Crippen LogP contribution < -0.4 is 4.90 Å². The van der Waals surface area contributed by atoms with E-state index in [9.17, 15) is 0 Å². The lowest BCUT2D eigenvalue weighted by atomic mass is 10.2. The summed E-state index contributed by atoms with van der Waals surface area (Å²) in [5.41, 5.74) is 1.34. The molecule has 0 atom stereocenters. The Hall–Kier alpha value is -1.80. The topological polar surface area (TPSA) is 60.2 Å². The van der Waals surface area contributed by atoms with Gasteiger partial charge in [0.2, 0.25) is 0 Å². The summed E-state index contributed by atoms with van der Waals surface area (Å²) in [6, 6.07) is 12.8. The van der Waals surface area contributed by atoms with Crippen LogP contribution in [0.15, 0.2) is 36.4 Å². The van der Waals surface area contributed by atoms with Gasteiger partial charge in [-0.25, -0.2) is 4.98 Å². The molecule has 0 unspecified atom stereocenters. The van der Waals surface area contributed by atoms with E-state index in [4.69, 9.17) is 33.6 Å². The molecule has 22 heavy (non-hydrogen) atoms. The molecule has 1 N–H and O–H groups in total. The molecule has 0 aliphatic heterocycles. The van der Waals surface area contributed by atoms with Crippen molar-refractivity contribution in [1.29, 1.82) is 5.26 Å². The van der Waals surface area contributed by atoms with E-state index in [1.54, 1.807) is 18.2 Å². The van der Waals surface area contributed by atoms with E-state index in [2.05, 4.69) is 4.98 Å². The van der Waals surface area contributed by atoms with Crippen molar-refractivity contribution in [3.63, 3.8) is 0 Å². The van der Waals surface area contributed by atoms with Crippen molar-refractivity contribution in [2.24, 2.45) is 0 Å². The SMILES string of the molecule is N#Cc1cccc(N(CCCO)Cc2ccc(Cl)c(Cl)c2)n1. The van der Waals surface area contributed by atoms with Gasteiger partial charge in [-0.3, -0.25) is 0 Å². The standard InChI is InChI=1S/C16H15Cl2N3O/c17-14-6-5-12(9-15(14)18)11-21(7-2-8-22)16-4-1-3-13(10-19)20-16/h1,3-6,9,22H,2,7-8,11H2. The number of pyridine rings is 1. The van der Waals surface area contributed by atoms with Gasteiger partial charge in [0.25, 0.3) is 0 Å². The summed E-state index contributed by atoms with van der Waals surface area (Å²) in [6.07, 6.45) is 0.611. The van der Waals surface area contributed by atoms with Gasteiger partial charge < -0.3 is 10.0 Å². The summed E-state index contributed by atoms with van der Waals surface area (Å²) in [5, 5.41) is 19.1. The predicted octanol–water partition coefficient (Wildman–Crippen LogP) is 3.65. The molecule has 2 aromatic rings. The van der Waals surface area contributed by atoms with E-state index < -0.39 is 0 Å². The summed E-state index contributed by atoms with van der Waals surface area (Å²) in [7, 11) is 0. The minimum atomic E-state index is 0.0931. The highest BCUT2D eigenvalue weighted by molar-refractivity contribution is 6.42. The molecular formula is C16H15Cl2N3O. The molecule has 0 spiro atoms. The van der Waals surface area contributed by atoms with Crippen molar-refractivity contribution in [1.82, 2.24) is 4.98 Å². The molecule has 0 fully saturated rings. The smallest absolute Gasteiger partial charge is 0.142 e. The van der Waals surface area contributed by atoms with Crippen LogP contribution >= 0.6 is 23.2 Å². The van der Waals surface area contributed by atoms with Gasteiger partial charge in [0.05, 0.1) is 10.0 Å². The molecular weight excluding hydrogens is 321 g/mol. The van der Waals surface area contributed by atoms with E-state index in [0.29, 0.717) is 41.1 Å². The quantitative estimate of drug-likeness (QED) is 0.875. The van der Waals surface area contributed by atoms with Gasteiger partial charge in [-0.15, -0.1) is 0 Å². The molecule has 1 heterocycles. The van der Waals surface area contributed by atoms with Crippen LogP contribution in [-0.2, 0) is 6.54 Å². The molecule has 6 heteroatoms. The minimum Gasteiger partial charge on any atom is -0.396 e. The Morgan fingerprint density at radius 2 is 2.00 bits per heavy atom. The molecule has 0 aliphatic carbocycles. The van der Waals surface area contributed by atoms with E-state index in [0.717, 1.165) is 5.56 Å². The molecule has 0 radical (unpaired) electrons. The molecule has 1 aromatic heterocycles. The Labute approximate surface area is 139 Å². The van der Waals surface area contributed by atoms with Crippen LogP contribution in [-0.4, -0.2) is 23.2 Å². The summed E-state index contributed by atoms with van der Waals surface area (Å²) >= 11 is 12.0. The number of rotatable bonds is 6. The first kappa shape index (κ1) is 16.6. The Bertz CT molecular complexity index is 685. The lowest BCUT2D eigenvalue weighted by molar-refractivity contribution is 0.289. The predicted molar refractivity (Wildman–Crippen MR) is 88.2 cm³/mol. The third kappa shape index (κ3) is 4.35. The van der Waals surface area contributed by atoms with E-state index in [-0.39, 0.29) is 6.61 Å². The highest BCUT2D eigenvalue weighted by atomic mass is 35.5. The molecule has 0 bridgehead atoms. The molecule has 0 amide bonds. The lowest BCUT2D eigenvalue weighted by Crippen LogP contribution is -2.25. The Morgan fingerprint density at radius 3 is 2.68 bits per heavy atom. The first-order chi connectivity index (χ1) is 10.6. The van der Waals surface area contributed by atoms with Crippen LogP contribution in [0.5, 0.6) is 0 Å². The summed E-state index contributed by atoms with van der Waals surface area (Å²) < 4.78 is 0. The minimum absolute atomic E-state index is 0.0931. The summed E-state index contributed by atoms with van der Waals surface area (Å²) in [5.74, 6) is 0.693. The second-order valence-electron chi connectivity index (χ2n) is 4.74. The average molecular weight is 336 g/mol. The molecule has 114 valence electrons. The van der Waals surface area contributed by atoms with Crippen molar-refractivity contribution in [2.45, 2.75) is 13.0 Å². The first-order valence-corrected chi connectivity index (χ1v) is 7.56. The molecule has 2 rings (SSSR count). The largest absolute Gasteiger partial charge is 0.396 e. The molecule has 1 aromatic carbocycles. The van der Waals surface area contributed by atoms with Gasteiger partial charge in [0.15, 0.2) is 0 Å². The van der Waals surface area contributed by atoms with Crippen LogP contribution in [0.1, 0.15) is 17.7 Å². The van der Waals surface area contributed by atoms with Gasteiger partial charge in [-0.05, 0) is 36.2 Å². The zero-order chi connectivity index (χ0) is 15.9. The van der Waals surface area contributed by atoms with Crippen molar-refractivity contribution in [3.05, 3.63) is 57.7 Å². The molecule has 4 nitrogen and oxygen atoms in total. The van der Waals surface area contributed by atoms with Gasteiger partial charge in [-0.2, -0.15) is 5.26 Å². The van der Waals surface area contributed by atoms with Gasteiger partial charge >= 0.3 is 0 Å². The van der Waals surface area contributed by atoms with Crippen LogP contribution in [0, 0.1) is 11.3 Å². The Morgan fingerprint density at radius 1 is 1.18 bits per heavy atom. The maximum Gasteiger partial charge on any atom is 0.142 e. The number of aromatic nitrogens is 1. The fourth-order valence-corrected chi connectivity index (χ4v) is 2.38. The van der Waals surface area contributed by atoms with E-state index in [1.165, 1.54) is 0 Å². The number of aliphatic hydroxyl groups excluding tert-OH is 1. The van der Waals surface area contributed by atoms with E-state index in [1.807, 2.05) is 29.2 Å². The van der Waals surface area contributed by atoms with Gasteiger partial charge in [-0.1, -0.05) is 35.3 Å². The molecule has 0 aliphatic rings. The fraction of sp³-hybridized carbons (Fsp3) is 0.250. The zero-order valence-electron chi connectivity index (χ0n) is 11.8. The number of nitrogens with zero attached hydrogens (tertiary/aromatic N) is 3. The van der Waals surface area contributed by atoms with Gasteiger partial charge in [0, 0.05) is 19.7 Å². The van der Waals surface area contributed by atoms with Crippen molar-refractivity contribution >= 4 is 29.0 Å². The first-order valence-electron chi connectivity index (χ1n) is 6.81. The summed E-state index contributed by atoms with van der Waals surface area (Å²) in [6.45, 7) is 1.28. The highest BCUT2D eigenvalue weighted by Gasteiger charge is 2.10. The van der Waals surface area contributed by atoms with Gasteiger partial charge in [0.1, 0.15) is 17.6 Å². The normalized spacial score (nSPS) is 10.3. The number of benzene rings is 1. The maximum atomic E-state index is 9.07. The summed E-state index contributed by atoms with van der Waals surface area (Å²) in [4.78, 5) is 6.30. The van der Waals surface area contributed by atoms with Crippen LogP contribution in [0.3, 0.4) is 0 Å². The van der Waals surface area contributed by atoms with Crippen molar-refractivity contribution in [3.8, 4) is 6.07 Å².